The van der Waals surface area contributed by atoms with Gasteiger partial charge in [-0.15, -0.1) is 0 Å². The Morgan fingerprint density at radius 2 is 1.79 bits per heavy atom. The number of nitrogens with one attached hydrogen (secondary N) is 1. The van der Waals surface area contributed by atoms with Crippen LogP contribution < -0.4 is 5.32 Å². The number of halogens is 1. The molecule has 0 saturated heterocycles. The average molecular weight is 391 g/mol. The Morgan fingerprint density at radius 3 is 2.39 bits per heavy atom. The fourth-order valence-electron chi connectivity index (χ4n) is 2.81. The minimum absolute atomic E-state index is 0.0274. The van der Waals surface area contributed by atoms with Gasteiger partial charge in [-0.2, -0.15) is 10.4 Å². The lowest BCUT2D eigenvalue weighted by Gasteiger charge is -2.13. The fraction of sp³-hybridized carbons (Fsp3) is 0.136. The van der Waals surface area contributed by atoms with Crippen molar-refractivity contribution in [3.63, 3.8) is 0 Å². The number of carbonyl (C=O) groups excluding carboxylic acids is 1. The summed E-state index contributed by atoms with van der Waals surface area (Å²) in [5.41, 5.74) is 2.91. The maximum atomic E-state index is 12.6. The molecule has 6 heteroatoms. The van der Waals surface area contributed by atoms with E-state index in [1.54, 1.807) is 11.6 Å². The third-order valence-corrected chi connectivity index (χ3v) is 4.71. The first-order chi connectivity index (χ1) is 13.5. The maximum Gasteiger partial charge on any atom is 0.262 e. The molecule has 0 fully saturated rings. The lowest BCUT2D eigenvalue weighted by Crippen LogP contribution is -2.27. The van der Waals surface area contributed by atoms with E-state index in [0.717, 1.165) is 11.3 Å². The minimum atomic E-state index is -0.457. The molecule has 0 aliphatic rings. The Hall–Kier alpha value is -3.36. The molecule has 0 radical (unpaired) electrons. The minimum Gasteiger partial charge on any atom is -0.345 e. The largest absolute Gasteiger partial charge is 0.345 e. The SMILES string of the molecule is Cc1nn(-c2ccccc2)c(Cl)c1/C=C(\C#N)C(=O)N[C@@H](C)c1ccccc1. The van der Waals surface area contributed by atoms with Crippen LogP contribution in [0.4, 0.5) is 0 Å². The van der Waals surface area contributed by atoms with Gasteiger partial charge in [-0.1, -0.05) is 60.1 Å². The Kier molecular flexibility index (Phi) is 5.93. The van der Waals surface area contributed by atoms with E-state index in [-0.39, 0.29) is 11.6 Å². The summed E-state index contributed by atoms with van der Waals surface area (Å²) in [5, 5.41) is 17.1. The molecule has 1 heterocycles. The number of nitriles is 1. The summed E-state index contributed by atoms with van der Waals surface area (Å²) in [6, 6.07) is 20.7. The summed E-state index contributed by atoms with van der Waals surface area (Å²) in [5.74, 6) is -0.457. The van der Waals surface area contributed by atoms with Gasteiger partial charge in [-0.05, 0) is 37.6 Å². The lowest BCUT2D eigenvalue weighted by atomic mass is 10.1. The summed E-state index contributed by atoms with van der Waals surface area (Å²) >= 11 is 6.49. The van der Waals surface area contributed by atoms with E-state index in [2.05, 4.69) is 10.4 Å². The van der Waals surface area contributed by atoms with Gasteiger partial charge in [-0.25, -0.2) is 4.68 Å². The number of amides is 1. The molecule has 3 aromatic rings. The molecule has 140 valence electrons. The number of hydrogen-bond acceptors (Lipinski definition) is 3. The maximum absolute atomic E-state index is 12.6. The summed E-state index contributed by atoms with van der Waals surface area (Å²) in [7, 11) is 0. The molecule has 3 rings (SSSR count). The van der Waals surface area contributed by atoms with Crippen molar-refractivity contribution in [2.24, 2.45) is 0 Å². The topological polar surface area (TPSA) is 70.7 Å². The van der Waals surface area contributed by atoms with Crippen LogP contribution in [0.2, 0.25) is 5.15 Å². The van der Waals surface area contributed by atoms with Gasteiger partial charge < -0.3 is 5.32 Å². The molecule has 1 N–H and O–H groups in total. The zero-order chi connectivity index (χ0) is 20.1. The molecule has 1 amide bonds. The molecule has 1 atom stereocenters. The van der Waals surface area contributed by atoms with E-state index in [4.69, 9.17) is 11.6 Å². The zero-order valence-corrected chi connectivity index (χ0v) is 16.3. The zero-order valence-electron chi connectivity index (χ0n) is 15.6. The van der Waals surface area contributed by atoms with Crippen molar-refractivity contribution < 1.29 is 4.79 Å². The van der Waals surface area contributed by atoms with E-state index < -0.39 is 5.91 Å². The van der Waals surface area contributed by atoms with Crippen LogP contribution in [-0.4, -0.2) is 15.7 Å². The van der Waals surface area contributed by atoms with Gasteiger partial charge >= 0.3 is 0 Å². The van der Waals surface area contributed by atoms with E-state index in [0.29, 0.717) is 16.4 Å². The summed E-state index contributed by atoms with van der Waals surface area (Å²) in [4.78, 5) is 12.6. The van der Waals surface area contributed by atoms with Crippen LogP contribution >= 0.6 is 11.6 Å². The molecule has 0 aliphatic heterocycles. The van der Waals surface area contributed by atoms with Crippen molar-refractivity contribution in [1.82, 2.24) is 15.1 Å². The quantitative estimate of drug-likeness (QED) is 0.510. The van der Waals surface area contributed by atoms with E-state index >= 15 is 0 Å². The highest BCUT2D eigenvalue weighted by Crippen LogP contribution is 2.26. The molecule has 0 spiro atoms. The standard InChI is InChI=1S/C22H19ClN4O/c1-15(17-9-5-3-6-10-17)25-22(28)18(14-24)13-20-16(2)26-27(21(20)23)19-11-7-4-8-12-19/h3-13,15H,1-2H3,(H,25,28)/b18-13+/t15-/m0/s1. The predicted molar refractivity (Wildman–Crippen MR) is 110 cm³/mol. The number of aryl methyl sites for hydroxylation is 1. The normalized spacial score (nSPS) is 12.3. The third-order valence-electron chi connectivity index (χ3n) is 4.35. The van der Waals surface area contributed by atoms with E-state index in [1.165, 1.54) is 6.08 Å². The Morgan fingerprint density at radius 1 is 1.18 bits per heavy atom. The average Bonchev–Trinajstić information content (AvgIpc) is 3.01. The lowest BCUT2D eigenvalue weighted by molar-refractivity contribution is -0.117. The summed E-state index contributed by atoms with van der Waals surface area (Å²) in [6.45, 7) is 3.66. The van der Waals surface area contributed by atoms with Gasteiger partial charge in [0.2, 0.25) is 0 Å². The Balaban J connectivity index is 1.88. The van der Waals surface area contributed by atoms with Crippen LogP contribution in [0.1, 0.15) is 29.8 Å². The molecular weight excluding hydrogens is 372 g/mol. The molecule has 1 aromatic heterocycles. The number of nitrogens with zero attached hydrogens (tertiary/aromatic N) is 3. The molecule has 0 unspecified atom stereocenters. The van der Waals surface area contributed by atoms with Crippen LogP contribution in [0.3, 0.4) is 0 Å². The summed E-state index contributed by atoms with van der Waals surface area (Å²) in [6.07, 6.45) is 1.48. The van der Waals surface area contributed by atoms with Gasteiger partial charge in [0, 0.05) is 5.56 Å². The van der Waals surface area contributed by atoms with E-state index in [1.807, 2.05) is 73.7 Å². The van der Waals surface area contributed by atoms with Crippen molar-refractivity contribution in [1.29, 1.82) is 5.26 Å². The molecule has 0 aliphatic carbocycles. The van der Waals surface area contributed by atoms with Crippen LogP contribution in [-0.2, 0) is 4.79 Å². The van der Waals surface area contributed by atoms with Crippen LogP contribution in [0.25, 0.3) is 11.8 Å². The van der Waals surface area contributed by atoms with Crippen molar-refractivity contribution in [2.45, 2.75) is 19.9 Å². The van der Waals surface area contributed by atoms with Crippen molar-refractivity contribution in [3.8, 4) is 11.8 Å². The molecule has 0 saturated carbocycles. The van der Waals surface area contributed by atoms with Gasteiger partial charge in [-0.3, -0.25) is 4.79 Å². The number of rotatable bonds is 5. The first-order valence-electron chi connectivity index (χ1n) is 8.79. The highest BCUT2D eigenvalue weighted by Gasteiger charge is 2.18. The van der Waals surface area contributed by atoms with Gasteiger partial charge in [0.05, 0.1) is 17.4 Å². The highest BCUT2D eigenvalue weighted by atomic mass is 35.5. The predicted octanol–water partition coefficient (Wildman–Crippen LogP) is 4.62. The number of hydrogen-bond donors (Lipinski definition) is 1. The van der Waals surface area contributed by atoms with Crippen LogP contribution in [0, 0.1) is 18.3 Å². The first kappa shape index (κ1) is 19.4. The van der Waals surface area contributed by atoms with Crippen molar-refractivity contribution in [2.75, 3.05) is 0 Å². The summed E-state index contributed by atoms with van der Waals surface area (Å²) < 4.78 is 1.59. The number of para-hydroxylation sites is 1. The van der Waals surface area contributed by atoms with Crippen molar-refractivity contribution >= 4 is 23.6 Å². The van der Waals surface area contributed by atoms with E-state index in [9.17, 15) is 10.1 Å². The number of aromatic nitrogens is 2. The van der Waals surface area contributed by atoms with Gasteiger partial charge in [0.25, 0.3) is 5.91 Å². The molecule has 5 nitrogen and oxygen atoms in total. The highest BCUT2D eigenvalue weighted by molar-refractivity contribution is 6.31. The van der Waals surface area contributed by atoms with Gasteiger partial charge in [0.1, 0.15) is 16.8 Å². The molecule has 2 aromatic carbocycles. The monoisotopic (exact) mass is 390 g/mol. The second-order valence-corrected chi connectivity index (χ2v) is 6.67. The Labute approximate surface area is 168 Å². The molecule has 0 bridgehead atoms. The van der Waals surface area contributed by atoms with Crippen LogP contribution in [0.15, 0.2) is 66.2 Å². The second-order valence-electron chi connectivity index (χ2n) is 6.31. The number of carbonyl (C=O) groups is 1. The first-order valence-corrected chi connectivity index (χ1v) is 9.17. The smallest absolute Gasteiger partial charge is 0.262 e. The van der Waals surface area contributed by atoms with Crippen LogP contribution in [0.5, 0.6) is 0 Å². The van der Waals surface area contributed by atoms with Crippen molar-refractivity contribution in [3.05, 3.63) is 88.2 Å². The second kappa shape index (κ2) is 8.55. The van der Waals surface area contributed by atoms with Gasteiger partial charge in [0.15, 0.2) is 0 Å². The Bertz CT molecular complexity index is 1050. The molecular formula is C22H19ClN4O. The third kappa shape index (κ3) is 4.13. The fourth-order valence-corrected chi connectivity index (χ4v) is 3.13. The molecule has 28 heavy (non-hydrogen) atoms. The number of benzene rings is 2.